The summed E-state index contributed by atoms with van der Waals surface area (Å²) >= 11 is 0. The minimum atomic E-state index is -0.244. The predicted molar refractivity (Wildman–Crippen MR) is 196 cm³/mol. The van der Waals surface area contributed by atoms with Crippen molar-refractivity contribution in [1.82, 2.24) is 34.6 Å². The van der Waals surface area contributed by atoms with Crippen LogP contribution in [-0.4, -0.2) is 87.3 Å². The molecule has 1 spiro atoms. The lowest BCUT2D eigenvalue weighted by Gasteiger charge is -2.56. The Balaban J connectivity index is 0.864. The largest absolute Gasteiger partial charge is 0.371 e. The van der Waals surface area contributed by atoms with Gasteiger partial charge in [0.05, 0.1) is 5.92 Å². The lowest BCUT2D eigenvalue weighted by molar-refractivity contribution is -0.134. The van der Waals surface area contributed by atoms with E-state index < -0.39 is 0 Å². The van der Waals surface area contributed by atoms with Gasteiger partial charge in [0.2, 0.25) is 17.8 Å². The molecule has 4 fully saturated rings. The summed E-state index contributed by atoms with van der Waals surface area (Å²) in [5.41, 5.74) is 5.17. The quantitative estimate of drug-likeness (QED) is 0.228. The van der Waals surface area contributed by atoms with E-state index >= 15 is 0 Å². The van der Waals surface area contributed by atoms with Gasteiger partial charge in [-0.05, 0) is 79.8 Å². The summed E-state index contributed by atoms with van der Waals surface area (Å²) in [7, 11) is 3.57. The van der Waals surface area contributed by atoms with Gasteiger partial charge in [0, 0.05) is 82.2 Å². The Morgan fingerprint density at radius 1 is 0.980 bits per heavy atom. The SMILES string of the molecule is CC(c1ccc(Nc2ncc3cc(C(=O)N(C)C)n(C4CCCC4)c3n2)nc1)N1CC2(CCN(c3ccc(C4CCC(=O)NC4=O)cc3)CC2)C1. The van der Waals surface area contributed by atoms with E-state index in [1.165, 1.54) is 11.3 Å². The van der Waals surface area contributed by atoms with E-state index in [4.69, 9.17) is 9.97 Å². The number of benzene rings is 1. The Bertz CT molecular complexity index is 1930. The molecule has 0 bridgehead atoms. The van der Waals surface area contributed by atoms with Gasteiger partial charge in [0.1, 0.15) is 17.2 Å². The Labute approximate surface area is 298 Å². The fraction of sp³-hybridized carbons (Fsp3) is 0.487. The zero-order chi connectivity index (χ0) is 35.3. The molecule has 12 nitrogen and oxygen atoms in total. The van der Waals surface area contributed by atoms with E-state index in [9.17, 15) is 14.4 Å². The number of nitrogens with one attached hydrogen (secondary N) is 2. The number of aromatic nitrogens is 4. The van der Waals surface area contributed by atoms with Gasteiger partial charge in [-0.15, -0.1) is 0 Å². The third-order valence-corrected chi connectivity index (χ3v) is 11.7. The number of piperidine rings is 2. The maximum Gasteiger partial charge on any atom is 0.270 e. The zero-order valence-corrected chi connectivity index (χ0v) is 29.8. The smallest absolute Gasteiger partial charge is 0.270 e. The maximum atomic E-state index is 13.1. The summed E-state index contributed by atoms with van der Waals surface area (Å²) in [6.45, 7) is 6.48. The Morgan fingerprint density at radius 3 is 2.39 bits per heavy atom. The van der Waals surface area contributed by atoms with Gasteiger partial charge < -0.3 is 19.7 Å². The van der Waals surface area contributed by atoms with Crippen LogP contribution in [0.5, 0.6) is 0 Å². The Hall–Kier alpha value is -4.84. The highest BCUT2D eigenvalue weighted by atomic mass is 16.2. The van der Waals surface area contributed by atoms with Crippen molar-refractivity contribution in [1.29, 1.82) is 0 Å². The van der Waals surface area contributed by atoms with Crippen LogP contribution in [0.15, 0.2) is 54.9 Å². The van der Waals surface area contributed by atoms with E-state index in [2.05, 4.69) is 55.1 Å². The summed E-state index contributed by atoms with van der Waals surface area (Å²) in [6, 6.07) is 14.9. The molecule has 3 amide bonds. The molecule has 0 radical (unpaired) electrons. The van der Waals surface area contributed by atoms with Crippen LogP contribution in [0.3, 0.4) is 0 Å². The van der Waals surface area contributed by atoms with Gasteiger partial charge in [-0.2, -0.15) is 4.98 Å². The summed E-state index contributed by atoms with van der Waals surface area (Å²) in [5, 5.41) is 6.63. The molecule has 3 aliphatic heterocycles. The zero-order valence-electron chi connectivity index (χ0n) is 29.8. The molecule has 2 N–H and O–H groups in total. The maximum absolute atomic E-state index is 13.1. The molecule has 3 saturated heterocycles. The summed E-state index contributed by atoms with van der Waals surface area (Å²) in [4.78, 5) is 57.7. The number of imide groups is 1. The molecule has 4 aliphatic rings. The molecule has 4 aromatic rings. The summed E-state index contributed by atoms with van der Waals surface area (Å²) in [5.74, 6) is 0.531. The van der Waals surface area contributed by atoms with E-state index in [1.54, 1.807) is 25.2 Å². The molecule has 12 heteroatoms. The van der Waals surface area contributed by atoms with Gasteiger partial charge in [0.15, 0.2) is 0 Å². The van der Waals surface area contributed by atoms with Crippen LogP contribution in [0.25, 0.3) is 11.0 Å². The molecule has 2 atom stereocenters. The molecular weight excluding hydrogens is 642 g/mol. The second-order valence-corrected chi connectivity index (χ2v) is 15.3. The topological polar surface area (TPSA) is 129 Å². The first kappa shape index (κ1) is 33.3. The van der Waals surface area contributed by atoms with Crippen molar-refractivity contribution in [3.05, 3.63) is 71.7 Å². The van der Waals surface area contributed by atoms with Crippen LogP contribution >= 0.6 is 0 Å². The molecule has 3 aromatic heterocycles. The van der Waals surface area contributed by atoms with Crippen LogP contribution < -0.4 is 15.5 Å². The van der Waals surface area contributed by atoms with Crippen LogP contribution in [0.1, 0.15) is 97.9 Å². The van der Waals surface area contributed by atoms with Gasteiger partial charge in [-0.1, -0.05) is 31.0 Å². The number of likely N-dealkylation sites (tertiary alicyclic amines) is 1. The number of hydrogen-bond donors (Lipinski definition) is 2. The fourth-order valence-corrected chi connectivity index (χ4v) is 8.62. The van der Waals surface area contributed by atoms with Crippen molar-refractivity contribution < 1.29 is 14.4 Å². The second kappa shape index (κ2) is 13.4. The minimum absolute atomic E-state index is 0.0185. The third-order valence-electron chi connectivity index (χ3n) is 11.7. The van der Waals surface area contributed by atoms with Crippen molar-refractivity contribution in [3.8, 4) is 0 Å². The average molecular weight is 690 g/mol. The Kier molecular flexibility index (Phi) is 8.73. The summed E-state index contributed by atoms with van der Waals surface area (Å²) in [6.07, 6.45) is 11.5. The predicted octanol–water partition coefficient (Wildman–Crippen LogP) is 5.57. The van der Waals surface area contributed by atoms with Gasteiger partial charge in [-0.3, -0.25) is 24.6 Å². The highest BCUT2D eigenvalue weighted by Gasteiger charge is 2.46. The average Bonchev–Trinajstić information content (AvgIpc) is 3.79. The Morgan fingerprint density at radius 2 is 1.73 bits per heavy atom. The molecular formula is C39H47N9O3. The molecule has 51 heavy (non-hydrogen) atoms. The van der Waals surface area contributed by atoms with Crippen LogP contribution in [0.2, 0.25) is 0 Å². The standard InChI is InChI=1S/C39H47N9O3/c1-25(47-23-39(24-47)16-18-46(19-17-39)29-11-8-26(9-12-29)31-13-15-34(49)43-36(31)50)27-10-14-33(40-21-27)42-38-41-22-28-20-32(37(51)45(2)3)48(35(28)44-38)30-6-4-5-7-30/h8-12,14,20-22,25,30-31H,4-7,13,15-19,23-24H2,1-3H3,(H,43,49,50)(H,40,41,42,44). The minimum Gasteiger partial charge on any atom is -0.371 e. The van der Waals surface area contributed by atoms with Crippen molar-refractivity contribution in [2.75, 3.05) is 50.5 Å². The molecule has 1 saturated carbocycles. The van der Waals surface area contributed by atoms with E-state index in [1.807, 2.05) is 30.5 Å². The molecule has 2 unspecified atom stereocenters. The number of nitrogens with zero attached hydrogens (tertiary/aromatic N) is 7. The number of carbonyl (C=O) groups excluding carboxylic acids is 3. The number of carbonyl (C=O) groups is 3. The third kappa shape index (κ3) is 6.45. The number of hydrogen-bond acceptors (Lipinski definition) is 9. The van der Waals surface area contributed by atoms with Crippen molar-refractivity contribution in [2.24, 2.45) is 5.41 Å². The lowest BCUT2D eigenvalue weighted by Crippen LogP contribution is -2.60. The first-order valence-corrected chi connectivity index (χ1v) is 18.4. The van der Waals surface area contributed by atoms with E-state index in [-0.39, 0.29) is 35.7 Å². The molecule has 8 rings (SSSR count). The molecule has 266 valence electrons. The lowest BCUT2D eigenvalue weighted by atomic mass is 9.71. The monoisotopic (exact) mass is 689 g/mol. The highest BCUT2D eigenvalue weighted by molar-refractivity contribution is 6.01. The van der Waals surface area contributed by atoms with Gasteiger partial charge in [-0.25, -0.2) is 9.97 Å². The second-order valence-electron chi connectivity index (χ2n) is 15.3. The first-order chi connectivity index (χ1) is 24.7. The van der Waals surface area contributed by atoms with Gasteiger partial charge >= 0.3 is 0 Å². The van der Waals surface area contributed by atoms with Crippen LogP contribution in [0, 0.1) is 5.41 Å². The molecule has 1 aliphatic carbocycles. The summed E-state index contributed by atoms with van der Waals surface area (Å²) < 4.78 is 2.13. The molecule has 1 aromatic carbocycles. The normalized spacial score (nSPS) is 21.5. The first-order valence-electron chi connectivity index (χ1n) is 18.4. The van der Waals surface area contributed by atoms with Crippen molar-refractivity contribution >= 4 is 46.2 Å². The number of pyridine rings is 1. The molecule has 6 heterocycles. The van der Waals surface area contributed by atoms with Gasteiger partial charge in [0.25, 0.3) is 5.91 Å². The fourth-order valence-electron chi connectivity index (χ4n) is 8.62. The highest BCUT2D eigenvalue weighted by Crippen LogP contribution is 2.45. The van der Waals surface area contributed by atoms with E-state index in [0.717, 1.165) is 81.3 Å². The van der Waals surface area contributed by atoms with Crippen LogP contribution in [-0.2, 0) is 9.59 Å². The van der Waals surface area contributed by atoms with Crippen LogP contribution in [0.4, 0.5) is 17.5 Å². The number of rotatable bonds is 8. The van der Waals surface area contributed by atoms with Crippen molar-refractivity contribution in [2.45, 2.75) is 76.3 Å². The van der Waals surface area contributed by atoms with Crippen molar-refractivity contribution in [3.63, 3.8) is 0 Å². The number of anilines is 3. The number of fused-ring (bicyclic) bond motifs is 1. The number of amides is 3. The van der Waals surface area contributed by atoms with E-state index in [0.29, 0.717) is 35.7 Å².